The standard InChI is InChI=1S/C19H18F3N3O/c1-23-10-9-17(15-5-3-7-18(25-15)19(20,21)22)26-16-6-2-4-13-8-11-24-12-14(13)16/h2-8,11-12,17,23H,9-10H2,1H3. The van der Waals surface area contributed by atoms with Gasteiger partial charge in [-0.05, 0) is 43.2 Å². The average molecular weight is 361 g/mol. The molecule has 0 radical (unpaired) electrons. The van der Waals surface area contributed by atoms with Crippen LogP contribution in [-0.4, -0.2) is 23.6 Å². The van der Waals surface area contributed by atoms with Gasteiger partial charge in [0.15, 0.2) is 0 Å². The maximum absolute atomic E-state index is 13.0. The Morgan fingerprint density at radius 3 is 2.69 bits per heavy atom. The van der Waals surface area contributed by atoms with Crippen molar-refractivity contribution in [1.82, 2.24) is 15.3 Å². The van der Waals surface area contributed by atoms with Crippen molar-refractivity contribution in [2.45, 2.75) is 18.7 Å². The summed E-state index contributed by atoms with van der Waals surface area (Å²) in [6.07, 6.45) is -1.28. The van der Waals surface area contributed by atoms with Crippen molar-refractivity contribution >= 4 is 10.8 Å². The van der Waals surface area contributed by atoms with Gasteiger partial charge in [-0.25, -0.2) is 4.98 Å². The minimum absolute atomic E-state index is 0.246. The Kier molecular flexibility index (Phi) is 5.37. The summed E-state index contributed by atoms with van der Waals surface area (Å²) in [6.45, 7) is 0.575. The number of ether oxygens (including phenoxy) is 1. The summed E-state index contributed by atoms with van der Waals surface area (Å²) in [7, 11) is 1.78. The van der Waals surface area contributed by atoms with Gasteiger partial charge in [-0.1, -0.05) is 18.2 Å². The lowest BCUT2D eigenvalue weighted by molar-refractivity contribution is -0.141. The van der Waals surface area contributed by atoms with Crippen LogP contribution in [0.2, 0.25) is 0 Å². The van der Waals surface area contributed by atoms with Gasteiger partial charge in [0.2, 0.25) is 0 Å². The van der Waals surface area contributed by atoms with Crippen molar-refractivity contribution in [3.63, 3.8) is 0 Å². The zero-order valence-corrected chi connectivity index (χ0v) is 14.1. The van der Waals surface area contributed by atoms with E-state index < -0.39 is 18.0 Å². The van der Waals surface area contributed by atoms with Crippen LogP contribution in [-0.2, 0) is 6.18 Å². The van der Waals surface area contributed by atoms with Crippen LogP contribution in [0.25, 0.3) is 10.8 Å². The van der Waals surface area contributed by atoms with E-state index in [4.69, 9.17) is 4.74 Å². The summed E-state index contributed by atoms with van der Waals surface area (Å²) < 4.78 is 45.1. The third-order valence-electron chi connectivity index (χ3n) is 3.96. The quantitative estimate of drug-likeness (QED) is 0.708. The van der Waals surface area contributed by atoms with Gasteiger partial charge < -0.3 is 10.1 Å². The van der Waals surface area contributed by atoms with Crippen molar-refractivity contribution in [2.75, 3.05) is 13.6 Å². The molecule has 1 aromatic carbocycles. The third kappa shape index (κ3) is 4.11. The van der Waals surface area contributed by atoms with Gasteiger partial charge in [0, 0.05) is 24.2 Å². The highest BCUT2D eigenvalue weighted by Gasteiger charge is 2.33. The molecule has 0 fully saturated rings. The molecule has 0 aliphatic carbocycles. The molecule has 136 valence electrons. The predicted octanol–water partition coefficient (Wildman–Crippen LogP) is 4.38. The number of alkyl halides is 3. The van der Waals surface area contributed by atoms with Crippen LogP contribution in [0, 0.1) is 0 Å². The average Bonchev–Trinajstić information content (AvgIpc) is 2.64. The maximum atomic E-state index is 13.0. The van der Waals surface area contributed by atoms with Gasteiger partial charge in [-0.3, -0.25) is 4.98 Å². The molecule has 3 aromatic rings. The van der Waals surface area contributed by atoms with Gasteiger partial charge in [-0.15, -0.1) is 0 Å². The van der Waals surface area contributed by atoms with E-state index in [1.807, 2.05) is 18.2 Å². The Balaban J connectivity index is 1.96. The van der Waals surface area contributed by atoms with Crippen LogP contribution in [0.3, 0.4) is 0 Å². The molecule has 4 nitrogen and oxygen atoms in total. The van der Waals surface area contributed by atoms with E-state index in [-0.39, 0.29) is 5.69 Å². The highest BCUT2D eigenvalue weighted by atomic mass is 19.4. The molecule has 26 heavy (non-hydrogen) atoms. The van der Waals surface area contributed by atoms with E-state index in [2.05, 4.69) is 15.3 Å². The van der Waals surface area contributed by atoms with Crippen LogP contribution in [0.15, 0.2) is 54.9 Å². The normalized spacial score (nSPS) is 12.9. The number of nitrogens with zero attached hydrogens (tertiary/aromatic N) is 2. The first kappa shape index (κ1) is 18.1. The second-order valence-corrected chi connectivity index (χ2v) is 5.80. The molecule has 1 N–H and O–H groups in total. The Hall–Kier alpha value is -2.67. The van der Waals surface area contributed by atoms with E-state index in [0.717, 1.165) is 16.8 Å². The molecule has 1 unspecified atom stereocenters. The minimum atomic E-state index is -4.49. The summed E-state index contributed by atoms with van der Waals surface area (Å²) >= 11 is 0. The molecule has 0 saturated carbocycles. The van der Waals surface area contributed by atoms with Gasteiger partial charge in [0.1, 0.15) is 17.5 Å². The van der Waals surface area contributed by atoms with E-state index in [0.29, 0.717) is 18.7 Å². The first-order valence-corrected chi connectivity index (χ1v) is 8.17. The largest absolute Gasteiger partial charge is 0.483 e. The Morgan fingerprint density at radius 1 is 1.12 bits per heavy atom. The lowest BCUT2D eigenvalue weighted by atomic mass is 10.1. The summed E-state index contributed by atoms with van der Waals surface area (Å²) in [5, 5.41) is 4.74. The number of benzene rings is 1. The van der Waals surface area contributed by atoms with E-state index in [1.54, 1.807) is 31.6 Å². The lowest BCUT2D eigenvalue weighted by Gasteiger charge is -2.20. The monoisotopic (exact) mass is 361 g/mol. The Bertz CT molecular complexity index is 878. The van der Waals surface area contributed by atoms with E-state index >= 15 is 0 Å². The number of fused-ring (bicyclic) bond motifs is 1. The molecule has 0 bridgehead atoms. The number of hydrogen-bond donors (Lipinski definition) is 1. The molecule has 0 aliphatic rings. The zero-order chi connectivity index (χ0) is 18.6. The molecule has 0 saturated heterocycles. The first-order chi connectivity index (χ1) is 12.5. The van der Waals surface area contributed by atoms with Crippen LogP contribution < -0.4 is 10.1 Å². The highest BCUT2D eigenvalue weighted by molar-refractivity contribution is 5.87. The topological polar surface area (TPSA) is 47.0 Å². The summed E-state index contributed by atoms with van der Waals surface area (Å²) in [5.41, 5.74) is -0.677. The predicted molar refractivity (Wildman–Crippen MR) is 92.9 cm³/mol. The van der Waals surface area contributed by atoms with Gasteiger partial charge in [0.05, 0.1) is 5.69 Å². The molecule has 1 atom stereocenters. The molecule has 2 heterocycles. The molecular formula is C19H18F3N3O. The number of hydrogen-bond acceptors (Lipinski definition) is 4. The molecule has 0 amide bonds. The molecule has 3 rings (SSSR count). The fraction of sp³-hybridized carbons (Fsp3) is 0.263. The fourth-order valence-corrected chi connectivity index (χ4v) is 2.67. The van der Waals surface area contributed by atoms with Crippen molar-refractivity contribution < 1.29 is 17.9 Å². The van der Waals surface area contributed by atoms with Gasteiger partial charge in [-0.2, -0.15) is 13.2 Å². The number of aromatic nitrogens is 2. The third-order valence-corrected chi connectivity index (χ3v) is 3.96. The van der Waals surface area contributed by atoms with E-state index in [1.165, 1.54) is 6.07 Å². The summed E-state index contributed by atoms with van der Waals surface area (Å²) in [6, 6.07) is 11.3. The second-order valence-electron chi connectivity index (χ2n) is 5.80. The van der Waals surface area contributed by atoms with Crippen LogP contribution in [0.4, 0.5) is 13.2 Å². The molecule has 0 spiro atoms. The SMILES string of the molecule is CNCCC(Oc1cccc2ccncc12)c1cccc(C(F)(F)F)n1. The molecule has 7 heteroatoms. The Labute approximate surface area is 149 Å². The molecule has 0 aliphatic heterocycles. The summed E-state index contributed by atoms with van der Waals surface area (Å²) in [5.74, 6) is 0.566. The lowest BCUT2D eigenvalue weighted by Crippen LogP contribution is -2.19. The van der Waals surface area contributed by atoms with Gasteiger partial charge in [0.25, 0.3) is 0 Å². The minimum Gasteiger partial charge on any atom is -0.483 e. The van der Waals surface area contributed by atoms with Crippen LogP contribution >= 0.6 is 0 Å². The van der Waals surface area contributed by atoms with Crippen molar-refractivity contribution in [1.29, 1.82) is 0 Å². The van der Waals surface area contributed by atoms with E-state index in [9.17, 15) is 13.2 Å². The highest BCUT2D eigenvalue weighted by Crippen LogP contribution is 2.32. The van der Waals surface area contributed by atoms with Crippen LogP contribution in [0.1, 0.15) is 23.9 Å². The zero-order valence-electron chi connectivity index (χ0n) is 14.1. The second kappa shape index (κ2) is 7.70. The molecular weight excluding hydrogens is 343 g/mol. The van der Waals surface area contributed by atoms with Crippen molar-refractivity contribution in [3.05, 3.63) is 66.2 Å². The number of halogens is 3. The smallest absolute Gasteiger partial charge is 0.433 e. The molecule has 2 aromatic heterocycles. The maximum Gasteiger partial charge on any atom is 0.433 e. The number of pyridine rings is 2. The van der Waals surface area contributed by atoms with Crippen LogP contribution in [0.5, 0.6) is 5.75 Å². The number of rotatable bonds is 6. The van der Waals surface area contributed by atoms with Gasteiger partial charge >= 0.3 is 6.18 Å². The van der Waals surface area contributed by atoms with Crippen molar-refractivity contribution in [2.24, 2.45) is 0 Å². The summed E-state index contributed by atoms with van der Waals surface area (Å²) in [4.78, 5) is 7.89. The fourth-order valence-electron chi connectivity index (χ4n) is 2.67. The van der Waals surface area contributed by atoms with Crippen molar-refractivity contribution in [3.8, 4) is 5.75 Å². The Morgan fingerprint density at radius 2 is 1.92 bits per heavy atom. The first-order valence-electron chi connectivity index (χ1n) is 8.17. The number of nitrogens with one attached hydrogen (secondary N) is 1.